The zero-order valence-corrected chi connectivity index (χ0v) is 19.9. The maximum atomic E-state index is 13.8. The number of hydrogen-bond donors (Lipinski definition) is 2. The van der Waals surface area contributed by atoms with E-state index < -0.39 is 35.3 Å². The molecule has 1 amide bonds. The Hall–Kier alpha value is -4.46. The third-order valence-corrected chi connectivity index (χ3v) is 5.81. The average molecular weight is 489 g/mol. The minimum absolute atomic E-state index is 0.0159. The molecule has 1 aliphatic rings. The summed E-state index contributed by atoms with van der Waals surface area (Å²) >= 11 is 0. The zero-order valence-electron chi connectivity index (χ0n) is 19.9. The average Bonchev–Trinajstić information content (AvgIpc) is 3.11. The van der Waals surface area contributed by atoms with E-state index in [1.807, 2.05) is 0 Å². The lowest BCUT2D eigenvalue weighted by Crippen LogP contribution is -2.29. The molecule has 1 unspecified atom stereocenters. The molecule has 0 aromatic heterocycles. The van der Waals surface area contributed by atoms with Gasteiger partial charge in [0.25, 0.3) is 11.7 Å². The van der Waals surface area contributed by atoms with Gasteiger partial charge in [0, 0.05) is 11.3 Å². The Kier molecular flexibility index (Phi) is 6.61. The van der Waals surface area contributed by atoms with Gasteiger partial charge in [-0.1, -0.05) is 12.1 Å². The number of esters is 1. The van der Waals surface area contributed by atoms with Crippen molar-refractivity contribution in [1.82, 2.24) is 0 Å². The SMILES string of the molecule is Cc1cc(/C(O)=C2/C(=O)C(=O)N(c3ccc(C(=O)OC(C)C)cc3)C2c2ccc(O)cc2)ccc1F. The summed E-state index contributed by atoms with van der Waals surface area (Å²) < 4.78 is 19.0. The lowest BCUT2D eigenvalue weighted by atomic mass is 9.94. The number of aryl methyl sites for hydroxylation is 1. The molecule has 36 heavy (non-hydrogen) atoms. The number of aliphatic hydroxyl groups excluding tert-OH is 1. The Labute approximate surface area is 207 Å². The van der Waals surface area contributed by atoms with Gasteiger partial charge in [0.15, 0.2) is 0 Å². The molecule has 1 saturated heterocycles. The number of halogens is 1. The molecular formula is C28H24FNO6. The van der Waals surface area contributed by atoms with Crippen LogP contribution in [0.2, 0.25) is 0 Å². The van der Waals surface area contributed by atoms with Crippen LogP contribution in [-0.4, -0.2) is 34.0 Å². The lowest BCUT2D eigenvalue weighted by Gasteiger charge is -2.25. The number of ketones is 1. The highest BCUT2D eigenvalue weighted by atomic mass is 19.1. The maximum absolute atomic E-state index is 13.8. The number of hydrogen-bond acceptors (Lipinski definition) is 6. The molecule has 1 aliphatic heterocycles. The molecule has 8 heteroatoms. The van der Waals surface area contributed by atoms with Crippen molar-refractivity contribution in [2.45, 2.75) is 32.9 Å². The number of carbonyl (C=O) groups excluding carboxylic acids is 3. The molecule has 3 aromatic rings. The molecule has 7 nitrogen and oxygen atoms in total. The molecule has 1 atom stereocenters. The predicted octanol–water partition coefficient (Wildman–Crippen LogP) is 5.03. The summed E-state index contributed by atoms with van der Waals surface area (Å²) in [6.07, 6.45) is -0.306. The van der Waals surface area contributed by atoms with E-state index >= 15 is 0 Å². The van der Waals surface area contributed by atoms with Crippen LogP contribution in [0.4, 0.5) is 10.1 Å². The number of aromatic hydroxyl groups is 1. The van der Waals surface area contributed by atoms with Crippen LogP contribution in [0.3, 0.4) is 0 Å². The largest absolute Gasteiger partial charge is 0.508 e. The molecule has 4 rings (SSSR count). The highest BCUT2D eigenvalue weighted by molar-refractivity contribution is 6.51. The van der Waals surface area contributed by atoms with Crippen molar-refractivity contribution in [2.24, 2.45) is 0 Å². The Bertz CT molecular complexity index is 1380. The van der Waals surface area contributed by atoms with Crippen molar-refractivity contribution in [3.8, 4) is 5.75 Å². The van der Waals surface area contributed by atoms with Gasteiger partial charge in [0.05, 0.1) is 23.3 Å². The van der Waals surface area contributed by atoms with E-state index in [1.54, 1.807) is 13.8 Å². The first-order valence-corrected chi connectivity index (χ1v) is 11.3. The van der Waals surface area contributed by atoms with Crippen LogP contribution >= 0.6 is 0 Å². The first kappa shape index (κ1) is 24.7. The molecule has 184 valence electrons. The number of benzene rings is 3. The van der Waals surface area contributed by atoms with Gasteiger partial charge in [0.1, 0.15) is 17.3 Å². The maximum Gasteiger partial charge on any atom is 0.338 e. The van der Waals surface area contributed by atoms with Crippen LogP contribution in [-0.2, 0) is 14.3 Å². The van der Waals surface area contributed by atoms with Crippen LogP contribution in [0.25, 0.3) is 5.76 Å². The third kappa shape index (κ3) is 4.57. The van der Waals surface area contributed by atoms with Crippen LogP contribution in [0.5, 0.6) is 5.75 Å². The quantitative estimate of drug-likeness (QED) is 0.225. The van der Waals surface area contributed by atoms with Crippen molar-refractivity contribution < 1.29 is 33.7 Å². The predicted molar refractivity (Wildman–Crippen MR) is 131 cm³/mol. The van der Waals surface area contributed by atoms with Crippen LogP contribution in [0.1, 0.15) is 46.9 Å². The number of amides is 1. The highest BCUT2D eigenvalue weighted by Gasteiger charge is 2.47. The molecule has 0 aliphatic carbocycles. The second-order valence-corrected chi connectivity index (χ2v) is 8.73. The summed E-state index contributed by atoms with van der Waals surface area (Å²) in [5, 5.41) is 20.9. The van der Waals surface area contributed by atoms with E-state index in [2.05, 4.69) is 0 Å². The van der Waals surface area contributed by atoms with Gasteiger partial charge in [-0.3, -0.25) is 14.5 Å². The number of carbonyl (C=O) groups is 3. The first-order valence-electron chi connectivity index (χ1n) is 11.3. The first-order chi connectivity index (χ1) is 17.1. The van der Waals surface area contributed by atoms with Crippen molar-refractivity contribution >= 4 is 29.1 Å². The topological polar surface area (TPSA) is 104 Å². The fourth-order valence-corrected chi connectivity index (χ4v) is 4.06. The van der Waals surface area contributed by atoms with Gasteiger partial charge in [-0.15, -0.1) is 0 Å². The van der Waals surface area contributed by atoms with Crippen molar-refractivity contribution in [3.63, 3.8) is 0 Å². The fraction of sp³-hybridized carbons (Fsp3) is 0.179. The number of aliphatic hydroxyl groups is 1. The van der Waals surface area contributed by atoms with Crippen LogP contribution in [0.15, 0.2) is 72.3 Å². The number of Topliss-reactive ketones (excluding diaryl/α,β-unsaturated/α-hetero) is 1. The summed E-state index contributed by atoms with van der Waals surface area (Å²) in [4.78, 5) is 39.9. The molecule has 0 spiro atoms. The minimum atomic E-state index is -1.04. The van der Waals surface area contributed by atoms with Crippen molar-refractivity contribution in [3.05, 3.63) is 100 Å². The lowest BCUT2D eigenvalue weighted by molar-refractivity contribution is -0.132. The Balaban J connectivity index is 1.85. The monoisotopic (exact) mass is 489 g/mol. The van der Waals surface area contributed by atoms with Gasteiger partial charge in [-0.2, -0.15) is 0 Å². The van der Waals surface area contributed by atoms with Crippen molar-refractivity contribution in [1.29, 1.82) is 0 Å². The molecule has 0 saturated carbocycles. The standard InChI is InChI=1S/C28H24FNO6/c1-15(2)36-28(35)18-4-9-20(10-5-18)30-24(17-6-11-21(31)12-7-17)23(26(33)27(30)34)25(32)19-8-13-22(29)16(3)14-19/h4-15,24,31-32H,1-3H3/b25-23-. The smallest absolute Gasteiger partial charge is 0.338 e. The summed E-state index contributed by atoms with van der Waals surface area (Å²) in [5.74, 6) is -3.27. The highest BCUT2D eigenvalue weighted by Crippen LogP contribution is 2.42. The molecule has 2 N–H and O–H groups in total. The van der Waals surface area contributed by atoms with Gasteiger partial charge in [-0.25, -0.2) is 9.18 Å². The molecular weight excluding hydrogens is 465 g/mol. The number of ether oxygens (including phenoxy) is 1. The Morgan fingerprint density at radius 3 is 2.17 bits per heavy atom. The Morgan fingerprint density at radius 2 is 1.58 bits per heavy atom. The van der Waals surface area contributed by atoms with Gasteiger partial charge in [0.2, 0.25) is 0 Å². The third-order valence-electron chi connectivity index (χ3n) is 5.81. The molecule has 3 aromatic carbocycles. The Morgan fingerprint density at radius 1 is 0.972 bits per heavy atom. The minimum Gasteiger partial charge on any atom is -0.508 e. The summed E-state index contributed by atoms with van der Waals surface area (Å²) in [6, 6.07) is 14.7. The summed E-state index contributed by atoms with van der Waals surface area (Å²) in [7, 11) is 0. The van der Waals surface area contributed by atoms with Gasteiger partial charge < -0.3 is 14.9 Å². The summed E-state index contributed by atoms with van der Waals surface area (Å²) in [5.41, 5.74) is 1.30. The van der Waals surface area contributed by atoms with Crippen LogP contribution < -0.4 is 4.90 Å². The van der Waals surface area contributed by atoms with Crippen LogP contribution in [0, 0.1) is 12.7 Å². The number of phenols is 1. The normalized spacial score (nSPS) is 17.0. The van der Waals surface area contributed by atoms with E-state index in [9.17, 15) is 29.0 Å². The fourth-order valence-electron chi connectivity index (χ4n) is 4.06. The van der Waals surface area contributed by atoms with Gasteiger partial charge >= 0.3 is 5.97 Å². The second-order valence-electron chi connectivity index (χ2n) is 8.73. The molecule has 0 radical (unpaired) electrons. The second kappa shape index (κ2) is 9.65. The number of rotatable bonds is 5. The van der Waals surface area contributed by atoms with Crippen molar-refractivity contribution in [2.75, 3.05) is 4.90 Å². The van der Waals surface area contributed by atoms with E-state index in [0.29, 0.717) is 11.3 Å². The number of nitrogens with zero attached hydrogens (tertiary/aromatic N) is 1. The molecule has 1 fully saturated rings. The van der Waals surface area contributed by atoms with E-state index in [1.165, 1.54) is 78.6 Å². The number of phenolic OH excluding ortho intramolecular Hbond substituents is 1. The van der Waals surface area contributed by atoms with E-state index in [0.717, 1.165) is 0 Å². The summed E-state index contributed by atoms with van der Waals surface area (Å²) in [6.45, 7) is 4.98. The zero-order chi connectivity index (χ0) is 26.1. The van der Waals surface area contributed by atoms with E-state index in [4.69, 9.17) is 4.74 Å². The van der Waals surface area contributed by atoms with E-state index in [-0.39, 0.29) is 34.1 Å². The number of anilines is 1. The van der Waals surface area contributed by atoms with Gasteiger partial charge in [-0.05, 0) is 86.5 Å². The molecule has 1 heterocycles. The molecule has 0 bridgehead atoms.